The molecule has 2 rings (SSSR count). The summed E-state index contributed by atoms with van der Waals surface area (Å²) in [6.07, 6.45) is 3.05. The summed E-state index contributed by atoms with van der Waals surface area (Å²) >= 11 is 11.8. The summed E-state index contributed by atoms with van der Waals surface area (Å²) in [5.74, 6) is 0.984. The summed E-state index contributed by atoms with van der Waals surface area (Å²) in [4.78, 5) is 12.0. The third-order valence-electron chi connectivity index (χ3n) is 2.99. The van der Waals surface area contributed by atoms with E-state index in [9.17, 15) is 4.79 Å². The van der Waals surface area contributed by atoms with Gasteiger partial charge in [0.05, 0.1) is 14.2 Å². The molecule has 1 N–H and O–H groups in total. The molecule has 0 saturated heterocycles. The van der Waals surface area contributed by atoms with Gasteiger partial charge in [-0.05, 0) is 36.4 Å². The number of carbonyl (C=O) groups excluding carboxylic acids is 1. The van der Waals surface area contributed by atoms with Gasteiger partial charge in [0, 0.05) is 33.4 Å². The molecule has 23 heavy (non-hydrogen) atoms. The van der Waals surface area contributed by atoms with E-state index in [0.29, 0.717) is 27.2 Å². The molecule has 6 heteroatoms. The Morgan fingerprint density at radius 2 is 1.74 bits per heavy atom. The van der Waals surface area contributed by atoms with Crippen LogP contribution in [-0.4, -0.2) is 20.1 Å². The van der Waals surface area contributed by atoms with Gasteiger partial charge in [0.25, 0.3) is 0 Å². The van der Waals surface area contributed by atoms with Gasteiger partial charge in [0.1, 0.15) is 11.5 Å². The van der Waals surface area contributed by atoms with Crippen LogP contribution in [0.5, 0.6) is 11.5 Å². The van der Waals surface area contributed by atoms with Gasteiger partial charge < -0.3 is 14.8 Å². The number of benzene rings is 2. The van der Waals surface area contributed by atoms with E-state index in [4.69, 9.17) is 32.7 Å². The monoisotopic (exact) mass is 351 g/mol. The molecule has 0 unspecified atom stereocenters. The average Bonchev–Trinajstić information content (AvgIpc) is 2.51. The summed E-state index contributed by atoms with van der Waals surface area (Å²) in [6.45, 7) is 0. The minimum absolute atomic E-state index is 0.304. The largest absolute Gasteiger partial charge is 0.497 e. The fraction of sp³-hybridized carbons (Fsp3) is 0.118. The van der Waals surface area contributed by atoms with E-state index in [1.54, 1.807) is 56.7 Å². The van der Waals surface area contributed by atoms with Crippen molar-refractivity contribution in [3.63, 3.8) is 0 Å². The molecule has 0 aliphatic carbocycles. The second-order valence-electron chi connectivity index (χ2n) is 4.59. The van der Waals surface area contributed by atoms with Gasteiger partial charge in [-0.3, -0.25) is 4.79 Å². The molecule has 4 nitrogen and oxygen atoms in total. The number of anilines is 1. The Kier molecular flexibility index (Phi) is 5.90. The van der Waals surface area contributed by atoms with Crippen LogP contribution in [-0.2, 0) is 4.79 Å². The highest BCUT2D eigenvalue weighted by Crippen LogP contribution is 2.26. The van der Waals surface area contributed by atoms with Gasteiger partial charge in [-0.15, -0.1) is 0 Å². The highest BCUT2D eigenvalue weighted by atomic mass is 35.5. The summed E-state index contributed by atoms with van der Waals surface area (Å²) < 4.78 is 10.4. The molecule has 0 atom stereocenters. The average molecular weight is 352 g/mol. The van der Waals surface area contributed by atoms with Crippen molar-refractivity contribution in [2.24, 2.45) is 0 Å². The van der Waals surface area contributed by atoms with Gasteiger partial charge >= 0.3 is 0 Å². The van der Waals surface area contributed by atoms with Gasteiger partial charge in [-0.1, -0.05) is 23.2 Å². The molecule has 0 bridgehead atoms. The summed E-state index contributed by atoms with van der Waals surface area (Å²) in [5, 5.41) is 3.60. The Hall–Kier alpha value is -2.17. The maximum absolute atomic E-state index is 12.0. The number of hydrogen-bond donors (Lipinski definition) is 1. The van der Waals surface area contributed by atoms with Crippen molar-refractivity contribution >= 4 is 40.9 Å². The van der Waals surface area contributed by atoms with E-state index in [1.807, 2.05) is 0 Å². The molecule has 0 radical (unpaired) electrons. The number of carbonyl (C=O) groups is 1. The molecule has 0 saturated carbocycles. The lowest BCUT2D eigenvalue weighted by Gasteiger charge is -2.07. The Morgan fingerprint density at radius 1 is 1.04 bits per heavy atom. The van der Waals surface area contributed by atoms with Crippen molar-refractivity contribution in [1.29, 1.82) is 0 Å². The number of methoxy groups -OCH3 is 2. The van der Waals surface area contributed by atoms with E-state index >= 15 is 0 Å². The number of rotatable bonds is 5. The molecule has 1 amide bonds. The van der Waals surface area contributed by atoms with Crippen molar-refractivity contribution in [2.45, 2.75) is 0 Å². The molecule has 0 aliphatic heterocycles. The fourth-order valence-corrected chi connectivity index (χ4v) is 2.46. The van der Waals surface area contributed by atoms with Crippen molar-refractivity contribution in [2.75, 3.05) is 19.5 Å². The molecule has 0 aliphatic rings. The first-order valence-electron chi connectivity index (χ1n) is 6.69. The van der Waals surface area contributed by atoms with Crippen LogP contribution in [0.2, 0.25) is 10.0 Å². The zero-order valence-electron chi connectivity index (χ0n) is 12.6. The van der Waals surface area contributed by atoms with Crippen LogP contribution in [0.15, 0.2) is 42.5 Å². The smallest absolute Gasteiger partial charge is 0.248 e. The highest BCUT2D eigenvalue weighted by Gasteiger charge is 2.04. The number of halogens is 2. The Labute approximate surface area is 144 Å². The highest BCUT2D eigenvalue weighted by molar-refractivity contribution is 6.35. The minimum atomic E-state index is -0.304. The van der Waals surface area contributed by atoms with Crippen molar-refractivity contribution in [1.82, 2.24) is 0 Å². The van der Waals surface area contributed by atoms with Crippen LogP contribution >= 0.6 is 23.2 Å². The first-order valence-corrected chi connectivity index (χ1v) is 7.44. The van der Waals surface area contributed by atoms with Gasteiger partial charge in [-0.2, -0.15) is 0 Å². The van der Waals surface area contributed by atoms with E-state index in [1.165, 1.54) is 6.08 Å². The quantitative estimate of drug-likeness (QED) is 0.796. The Balaban J connectivity index is 2.12. The number of hydrogen-bond acceptors (Lipinski definition) is 3. The van der Waals surface area contributed by atoms with Crippen molar-refractivity contribution < 1.29 is 14.3 Å². The van der Waals surface area contributed by atoms with Crippen LogP contribution in [0.4, 0.5) is 5.69 Å². The first kappa shape index (κ1) is 17.2. The van der Waals surface area contributed by atoms with Crippen LogP contribution in [0, 0.1) is 0 Å². The van der Waals surface area contributed by atoms with E-state index < -0.39 is 0 Å². The van der Waals surface area contributed by atoms with Crippen LogP contribution in [0.25, 0.3) is 6.08 Å². The molecule has 0 fully saturated rings. The number of ether oxygens (including phenoxy) is 2. The van der Waals surface area contributed by atoms with Crippen molar-refractivity contribution in [3.05, 3.63) is 58.1 Å². The maximum atomic E-state index is 12.0. The predicted molar refractivity (Wildman–Crippen MR) is 93.7 cm³/mol. The third kappa shape index (κ3) is 4.91. The summed E-state index contributed by atoms with van der Waals surface area (Å²) in [7, 11) is 3.13. The Bertz CT molecular complexity index is 724. The van der Waals surface area contributed by atoms with Crippen LogP contribution < -0.4 is 14.8 Å². The van der Waals surface area contributed by atoms with Crippen LogP contribution in [0.1, 0.15) is 5.56 Å². The van der Waals surface area contributed by atoms with Crippen molar-refractivity contribution in [3.8, 4) is 11.5 Å². The molecule has 0 spiro atoms. The maximum Gasteiger partial charge on any atom is 0.248 e. The summed E-state index contributed by atoms with van der Waals surface area (Å²) in [5.41, 5.74) is 1.28. The van der Waals surface area contributed by atoms with Gasteiger partial charge in [0.15, 0.2) is 0 Å². The second-order valence-corrected chi connectivity index (χ2v) is 5.46. The molecule has 120 valence electrons. The molecule has 2 aromatic carbocycles. The zero-order valence-corrected chi connectivity index (χ0v) is 14.1. The molecule has 2 aromatic rings. The molecule has 0 heterocycles. The summed E-state index contributed by atoms with van der Waals surface area (Å²) in [6, 6.07) is 10.2. The fourth-order valence-electron chi connectivity index (χ4n) is 1.93. The lowest BCUT2D eigenvalue weighted by molar-refractivity contribution is -0.111. The number of amides is 1. The van der Waals surface area contributed by atoms with E-state index in [0.717, 1.165) is 5.56 Å². The van der Waals surface area contributed by atoms with Gasteiger partial charge in [-0.25, -0.2) is 0 Å². The van der Waals surface area contributed by atoms with Gasteiger partial charge in [0.2, 0.25) is 5.91 Å². The van der Waals surface area contributed by atoms with Crippen LogP contribution in [0.3, 0.4) is 0 Å². The molecular weight excluding hydrogens is 337 g/mol. The topological polar surface area (TPSA) is 47.6 Å². The van der Waals surface area contributed by atoms with E-state index in [2.05, 4.69) is 5.32 Å². The Morgan fingerprint density at radius 3 is 2.35 bits per heavy atom. The first-order chi connectivity index (χ1) is 11.0. The SMILES string of the molecule is COc1ccc(/C=C/C(=O)Nc2cc(Cl)cc(Cl)c2)c(OC)c1. The molecule has 0 aromatic heterocycles. The minimum Gasteiger partial charge on any atom is -0.497 e. The molecular formula is C17H15Cl2NO3. The lowest BCUT2D eigenvalue weighted by Crippen LogP contribution is -2.07. The zero-order chi connectivity index (χ0) is 16.8. The lowest BCUT2D eigenvalue weighted by atomic mass is 10.1. The number of nitrogens with one attached hydrogen (secondary N) is 1. The standard InChI is InChI=1S/C17H15Cl2NO3/c1-22-15-5-3-11(16(10-15)23-2)4-6-17(21)20-14-8-12(18)7-13(19)9-14/h3-10H,1-2H3,(H,20,21)/b6-4+. The second kappa shape index (κ2) is 7.90. The predicted octanol–water partition coefficient (Wildman–Crippen LogP) is 4.66. The normalized spacial score (nSPS) is 10.6. The third-order valence-corrected chi connectivity index (χ3v) is 3.42. The van der Waals surface area contributed by atoms with E-state index in [-0.39, 0.29) is 5.91 Å².